The monoisotopic (exact) mass is 435 g/mol. The van der Waals surface area contributed by atoms with E-state index in [-0.39, 0.29) is 5.91 Å². The quantitative estimate of drug-likeness (QED) is 0.590. The van der Waals surface area contributed by atoms with Gasteiger partial charge < -0.3 is 19.5 Å². The number of amides is 1. The van der Waals surface area contributed by atoms with Crippen molar-refractivity contribution >= 4 is 34.9 Å². The lowest BCUT2D eigenvalue weighted by Crippen LogP contribution is -2.17. The molecular weight excluding hydrogens is 417 g/mol. The number of hydrogen-bond acceptors (Lipinski definition) is 5. The van der Waals surface area contributed by atoms with Crippen LogP contribution in [0.5, 0.6) is 17.2 Å². The normalized spacial score (nSPS) is 10.5. The van der Waals surface area contributed by atoms with Gasteiger partial charge in [0.05, 0.1) is 49.7 Å². The predicted octanol–water partition coefficient (Wildman–Crippen LogP) is 4.52. The van der Waals surface area contributed by atoms with E-state index in [4.69, 9.17) is 37.4 Å². The summed E-state index contributed by atoms with van der Waals surface area (Å²) in [4.78, 5) is 12.9. The van der Waals surface area contributed by atoms with Crippen molar-refractivity contribution in [3.05, 3.63) is 63.8 Å². The number of ether oxygens (including phenoxy) is 3. The number of nitrogens with zero attached hydrogens (tertiary/aromatic N) is 2. The summed E-state index contributed by atoms with van der Waals surface area (Å²) in [6, 6.07) is 10.2. The number of methoxy groups -OCH3 is 3. The SMILES string of the molecule is COc1cc(OC)c(C(=O)Nc2ccnn2Cc2cccc(Cl)c2Cl)cc1OC. The molecular formula is C20H19Cl2N3O4. The molecule has 9 heteroatoms. The van der Waals surface area contributed by atoms with Crippen molar-refractivity contribution < 1.29 is 19.0 Å². The highest BCUT2D eigenvalue weighted by Gasteiger charge is 2.19. The summed E-state index contributed by atoms with van der Waals surface area (Å²) in [5.74, 6) is 1.33. The van der Waals surface area contributed by atoms with Gasteiger partial charge in [0.1, 0.15) is 11.6 Å². The molecule has 1 aromatic heterocycles. The number of nitrogens with one attached hydrogen (secondary N) is 1. The van der Waals surface area contributed by atoms with E-state index in [9.17, 15) is 4.79 Å². The maximum atomic E-state index is 12.9. The van der Waals surface area contributed by atoms with Gasteiger partial charge in [-0.15, -0.1) is 0 Å². The largest absolute Gasteiger partial charge is 0.496 e. The zero-order valence-electron chi connectivity index (χ0n) is 16.0. The second-order valence-corrected chi connectivity index (χ2v) is 6.73. The van der Waals surface area contributed by atoms with E-state index in [1.165, 1.54) is 21.3 Å². The minimum absolute atomic E-state index is 0.290. The van der Waals surface area contributed by atoms with Crippen molar-refractivity contribution in [2.75, 3.05) is 26.6 Å². The van der Waals surface area contributed by atoms with Gasteiger partial charge in [0.25, 0.3) is 5.91 Å². The molecule has 0 saturated carbocycles. The first-order valence-corrected chi connectivity index (χ1v) is 9.30. The van der Waals surface area contributed by atoms with E-state index in [1.54, 1.807) is 41.2 Å². The third kappa shape index (κ3) is 4.41. The van der Waals surface area contributed by atoms with E-state index in [0.29, 0.717) is 45.2 Å². The maximum Gasteiger partial charge on any atom is 0.260 e. The number of carbonyl (C=O) groups is 1. The highest BCUT2D eigenvalue weighted by molar-refractivity contribution is 6.42. The molecule has 0 saturated heterocycles. The van der Waals surface area contributed by atoms with Gasteiger partial charge in [-0.2, -0.15) is 5.10 Å². The molecule has 3 rings (SSSR count). The van der Waals surface area contributed by atoms with E-state index in [1.807, 2.05) is 6.07 Å². The first-order valence-electron chi connectivity index (χ1n) is 8.54. The predicted molar refractivity (Wildman–Crippen MR) is 112 cm³/mol. The Labute approximate surface area is 178 Å². The molecule has 0 bridgehead atoms. The number of anilines is 1. The second kappa shape index (κ2) is 9.07. The fourth-order valence-electron chi connectivity index (χ4n) is 2.79. The molecule has 1 amide bonds. The Morgan fingerprint density at radius 1 is 1.03 bits per heavy atom. The Bertz CT molecular complexity index is 1040. The fraction of sp³-hybridized carbons (Fsp3) is 0.200. The van der Waals surface area contributed by atoms with Crippen molar-refractivity contribution in [1.82, 2.24) is 9.78 Å². The molecule has 152 valence electrons. The zero-order chi connectivity index (χ0) is 21.0. The molecule has 1 heterocycles. The van der Waals surface area contributed by atoms with Crippen molar-refractivity contribution in [1.29, 1.82) is 0 Å². The van der Waals surface area contributed by atoms with Crippen LogP contribution in [0.3, 0.4) is 0 Å². The van der Waals surface area contributed by atoms with E-state index in [2.05, 4.69) is 10.4 Å². The zero-order valence-corrected chi connectivity index (χ0v) is 17.5. The third-order valence-electron chi connectivity index (χ3n) is 4.26. The molecule has 1 N–H and O–H groups in total. The maximum absolute atomic E-state index is 12.9. The van der Waals surface area contributed by atoms with Gasteiger partial charge in [0.2, 0.25) is 0 Å². The highest BCUT2D eigenvalue weighted by Crippen LogP contribution is 2.35. The highest BCUT2D eigenvalue weighted by atomic mass is 35.5. The molecule has 2 aromatic carbocycles. The summed E-state index contributed by atoms with van der Waals surface area (Å²) in [6.07, 6.45) is 1.58. The fourth-order valence-corrected chi connectivity index (χ4v) is 3.17. The number of benzene rings is 2. The Hall–Kier alpha value is -2.90. The Kier molecular flexibility index (Phi) is 6.51. The van der Waals surface area contributed by atoms with Gasteiger partial charge in [-0.1, -0.05) is 35.3 Å². The van der Waals surface area contributed by atoms with Crippen LogP contribution in [0.1, 0.15) is 15.9 Å². The average Bonchev–Trinajstić information content (AvgIpc) is 3.16. The van der Waals surface area contributed by atoms with Crippen LogP contribution >= 0.6 is 23.2 Å². The lowest BCUT2D eigenvalue weighted by molar-refractivity contribution is 0.102. The van der Waals surface area contributed by atoms with Crippen LogP contribution in [-0.4, -0.2) is 37.0 Å². The van der Waals surface area contributed by atoms with Crippen LogP contribution < -0.4 is 19.5 Å². The Balaban J connectivity index is 1.87. The lowest BCUT2D eigenvalue weighted by atomic mass is 10.1. The van der Waals surface area contributed by atoms with E-state index < -0.39 is 0 Å². The Morgan fingerprint density at radius 3 is 2.41 bits per heavy atom. The van der Waals surface area contributed by atoms with Crippen LogP contribution in [0.25, 0.3) is 0 Å². The van der Waals surface area contributed by atoms with Gasteiger partial charge in [0.15, 0.2) is 11.5 Å². The number of carbonyl (C=O) groups excluding carboxylic acids is 1. The standard InChI is InChI=1S/C20H19Cl2N3O4/c1-27-15-10-17(29-3)16(28-2)9-13(15)20(26)24-18-7-8-23-25(18)11-12-5-4-6-14(21)19(12)22/h4-10H,11H2,1-3H3,(H,24,26). The van der Waals surface area contributed by atoms with E-state index in [0.717, 1.165) is 5.56 Å². The Morgan fingerprint density at radius 2 is 1.72 bits per heavy atom. The number of rotatable bonds is 7. The molecule has 0 atom stereocenters. The summed E-state index contributed by atoms with van der Waals surface area (Å²) in [6.45, 7) is 0.338. The first-order chi connectivity index (χ1) is 14.0. The minimum Gasteiger partial charge on any atom is -0.496 e. The molecule has 29 heavy (non-hydrogen) atoms. The lowest BCUT2D eigenvalue weighted by Gasteiger charge is -2.15. The van der Waals surface area contributed by atoms with Gasteiger partial charge >= 0.3 is 0 Å². The summed E-state index contributed by atoms with van der Waals surface area (Å²) in [5, 5.41) is 7.99. The average molecular weight is 436 g/mol. The molecule has 0 fully saturated rings. The summed E-state index contributed by atoms with van der Waals surface area (Å²) < 4.78 is 17.5. The third-order valence-corrected chi connectivity index (χ3v) is 5.12. The van der Waals surface area contributed by atoms with Crippen LogP contribution in [0.2, 0.25) is 10.0 Å². The minimum atomic E-state index is -0.387. The molecule has 0 aliphatic rings. The second-order valence-electron chi connectivity index (χ2n) is 5.95. The van der Waals surface area contributed by atoms with Crippen molar-refractivity contribution in [3.63, 3.8) is 0 Å². The van der Waals surface area contributed by atoms with E-state index >= 15 is 0 Å². The van der Waals surface area contributed by atoms with Gasteiger partial charge in [-0.05, 0) is 11.6 Å². The van der Waals surface area contributed by atoms with Crippen molar-refractivity contribution in [2.45, 2.75) is 6.54 Å². The van der Waals surface area contributed by atoms with Gasteiger partial charge in [0, 0.05) is 18.2 Å². The smallest absolute Gasteiger partial charge is 0.260 e. The van der Waals surface area contributed by atoms with Gasteiger partial charge in [-0.25, -0.2) is 4.68 Å². The first kappa shape index (κ1) is 20.8. The molecule has 0 aliphatic heterocycles. The molecule has 0 radical (unpaired) electrons. The number of aromatic nitrogens is 2. The number of halogens is 2. The van der Waals surface area contributed by atoms with Crippen LogP contribution in [-0.2, 0) is 6.54 Å². The van der Waals surface area contributed by atoms with Crippen LogP contribution in [0, 0.1) is 0 Å². The van der Waals surface area contributed by atoms with Crippen molar-refractivity contribution in [2.24, 2.45) is 0 Å². The van der Waals surface area contributed by atoms with Crippen LogP contribution in [0.4, 0.5) is 5.82 Å². The molecule has 7 nitrogen and oxygen atoms in total. The summed E-state index contributed by atoms with van der Waals surface area (Å²) in [7, 11) is 4.48. The van der Waals surface area contributed by atoms with Crippen molar-refractivity contribution in [3.8, 4) is 17.2 Å². The topological polar surface area (TPSA) is 74.6 Å². The molecule has 0 aliphatic carbocycles. The molecule has 0 unspecified atom stereocenters. The van der Waals surface area contributed by atoms with Crippen LogP contribution in [0.15, 0.2) is 42.6 Å². The number of hydrogen-bond donors (Lipinski definition) is 1. The summed E-state index contributed by atoms with van der Waals surface area (Å²) >= 11 is 12.3. The summed E-state index contributed by atoms with van der Waals surface area (Å²) in [5.41, 5.74) is 1.07. The molecule has 0 spiro atoms. The molecule has 3 aromatic rings. The van der Waals surface area contributed by atoms with Gasteiger partial charge in [-0.3, -0.25) is 4.79 Å².